The maximum absolute atomic E-state index is 13.6. The number of ether oxygens (including phenoxy) is 2. The van der Waals surface area contributed by atoms with Gasteiger partial charge in [-0.15, -0.1) is 11.8 Å². The van der Waals surface area contributed by atoms with E-state index in [0.717, 1.165) is 37.3 Å². The summed E-state index contributed by atoms with van der Waals surface area (Å²) in [5, 5.41) is 27.4. The van der Waals surface area contributed by atoms with Crippen molar-refractivity contribution in [2.75, 3.05) is 37.1 Å². The third-order valence-electron chi connectivity index (χ3n) is 7.92. The maximum Gasteiger partial charge on any atom is 0.274 e. The topological polar surface area (TPSA) is 133 Å². The number of amides is 1. The van der Waals surface area contributed by atoms with Gasteiger partial charge in [0, 0.05) is 30.4 Å². The molecule has 1 unspecified atom stereocenters. The van der Waals surface area contributed by atoms with Crippen LogP contribution in [0.15, 0.2) is 59.8 Å². The summed E-state index contributed by atoms with van der Waals surface area (Å²) in [6.07, 6.45) is 3.07. The highest BCUT2D eigenvalue weighted by atomic mass is 32.2. The Morgan fingerprint density at radius 3 is 2.88 bits per heavy atom. The van der Waals surface area contributed by atoms with E-state index in [0.29, 0.717) is 40.9 Å². The summed E-state index contributed by atoms with van der Waals surface area (Å²) in [5.41, 5.74) is 3.11. The Hall–Kier alpha value is -4.34. The predicted molar refractivity (Wildman–Crippen MR) is 160 cm³/mol. The number of hydrogen-bond donors (Lipinski definition) is 3. The minimum Gasteiger partial charge on any atom is -0.488 e. The molecular weight excluding hydrogens is 571 g/mol. The second kappa shape index (κ2) is 12.1. The van der Waals surface area contributed by atoms with E-state index in [1.54, 1.807) is 42.2 Å². The molecule has 3 aromatic rings. The fourth-order valence-corrected chi connectivity index (χ4v) is 6.64. The number of thioether (sulfide) groups is 1. The number of nitrogens with one attached hydrogen (secondary N) is 2. The van der Waals surface area contributed by atoms with Crippen LogP contribution in [0, 0.1) is 22.6 Å². The molecule has 1 saturated heterocycles. The number of benzene rings is 1. The van der Waals surface area contributed by atoms with Gasteiger partial charge in [0.1, 0.15) is 18.0 Å². The monoisotopic (exact) mass is 602 g/mol. The van der Waals surface area contributed by atoms with Crippen molar-refractivity contribution in [3.05, 3.63) is 76.8 Å². The van der Waals surface area contributed by atoms with Gasteiger partial charge in [-0.1, -0.05) is 0 Å². The van der Waals surface area contributed by atoms with E-state index >= 15 is 0 Å². The van der Waals surface area contributed by atoms with Crippen LogP contribution in [0.5, 0.6) is 11.6 Å². The lowest BCUT2D eigenvalue weighted by molar-refractivity contribution is -0.0344. The molecule has 1 spiro atoms. The highest BCUT2D eigenvalue weighted by Crippen LogP contribution is 2.51. The molecule has 1 aliphatic carbocycles. The molecule has 1 amide bonds. The van der Waals surface area contributed by atoms with Crippen molar-refractivity contribution in [1.29, 1.82) is 5.26 Å². The molecule has 3 N–H and O–H groups in total. The van der Waals surface area contributed by atoms with Gasteiger partial charge < -0.3 is 30.1 Å². The first kappa shape index (κ1) is 28.8. The summed E-state index contributed by atoms with van der Waals surface area (Å²) in [6.45, 7) is 3.52. The van der Waals surface area contributed by atoms with Gasteiger partial charge in [0.15, 0.2) is 11.4 Å². The number of hydrogen-bond acceptors (Lipinski definition) is 10. The summed E-state index contributed by atoms with van der Waals surface area (Å²) in [7, 11) is 0. The highest BCUT2D eigenvalue weighted by molar-refractivity contribution is 8.02. The average molecular weight is 603 g/mol. The molecule has 2 aliphatic heterocycles. The fraction of sp³-hybridized carbons (Fsp3) is 0.355. The Kier molecular flexibility index (Phi) is 8.10. The maximum atomic E-state index is 13.6. The van der Waals surface area contributed by atoms with Crippen LogP contribution in [0.1, 0.15) is 35.8 Å². The molecule has 2 aromatic heterocycles. The Bertz CT molecular complexity index is 1600. The van der Waals surface area contributed by atoms with Crippen molar-refractivity contribution in [2.24, 2.45) is 5.41 Å². The smallest absolute Gasteiger partial charge is 0.274 e. The zero-order valence-electron chi connectivity index (χ0n) is 23.5. The molecule has 1 aromatic carbocycles. The van der Waals surface area contributed by atoms with Gasteiger partial charge in [0.25, 0.3) is 5.91 Å². The lowest BCUT2D eigenvalue weighted by atomic mass is 9.61. The van der Waals surface area contributed by atoms with E-state index in [2.05, 4.69) is 26.6 Å². The molecule has 1 atom stereocenters. The Morgan fingerprint density at radius 2 is 2.16 bits per heavy atom. The van der Waals surface area contributed by atoms with E-state index in [4.69, 9.17) is 14.5 Å². The normalized spacial score (nSPS) is 17.6. The van der Waals surface area contributed by atoms with Crippen LogP contribution in [0.4, 0.5) is 10.1 Å². The number of aliphatic hydroxyl groups excluding tert-OH is 1. The number of carbonyl (C=O) groups excluding carboxylic acids is 1. The first-order valence-electron chi connectivity index (χ1n) is 14.1. The molecule has 43 heavy (non-hydrogen) atoms. The van der Waals surface area contributed by atoms with Crippen molar-refractivity contribution >= 4 is 23.4 Å². The molecule has 4 heterocycles. The van der Waals surface area contributed by atoms with Crippen molar-refractivity contribution in [3.63, 3.8) is 0 Å². The largest absolute Gasteiger partial charge is 0.488 e. The summed E-state index contributed by atoms with van der Waals surface area (Å²) >= 11 is 1.55. The number of aromatic nitrogens is 2. The number of nitrogens with zero attached hydrogens (tertiary/aromatic N) is 4. The van der Waals surface area contributed by atoms with E-state index in [-0.39, 0.29) is 23.8 Å². The zero-order valence-corrected chi connectivity index (χ0v) is 24.4. The van der Waals surface area contributed by atoms with Gasteiger partial charge in [0.2, 0.25) is 5.88 Å². The standard InChI is InChI=1S/C31H31FN6O4S/c1-2-41-30-22(4-3-9-34-30)23-6-8-27(28(36-23)29(40)37-24(14-39)25-15-43-18-35-25)42-21-11-31(12-21)16-38(17-31)26-7-5-20(32)10-19(26)13-33/h3-10,15,21,24,35,39H,2,11-12,14,16-18H2,1H3,(H,37,40). The number of rotatable bonds is 10. The number of nitriles is 1. The molecule has 2 fully saturated rings. The van der Waals surface area contributed by atoms with Crippen LogP contribution >= 0.6 is 11.8 Å². The fourth-order valence-electron chi connectivity index (χ4n) is 5.88. The third kappa shape index (κ3) is 5.83. The SMILES string of the molecule is CCOc1ncccc1-c1ccc(OC2CC3(C2)CN(c2ccc(F)cc2C#N)C3)c(C(=O)NC(CO)C2=CSCN2)n1. The number of pyridine rings is 2. The summed E-state index contributed by atoms with van der Waals surface area (Å²) in [4.78, 5) is 24.7. The second-order valence-electron chi connectivity index (χ2n) is 10.9. The third-order valence-corrected chi connectivity index (χ3v) is 8.65. The van der Waals surface area contributed by atoms with Crippen molar-refractivity contribution in [3.8, 4) is 29.0 Å². The molecule has 6 rings (SSSR count). The molecule has 12 heteroatoms. The summed E-state index contributed by atoms with van der Waals surface area (Å²) in [6, 6.07) is 12.9. The molecule has 0 radical (unpaired) electrons. The van der Waals surface area contributed by atoms with Gasteiger partial charge in [-0.2, -0.15) is 5.26 Å². The minimum absolute atomic E-state index is 0.0456. The molecule has 1 saturated carbocycles. The lowest BCUT2D eigenvalue weighted by Crippen LogP contribution is -2.65. The van der Waals surface area contributed by atoms with Crippen LogP contribution in [0.3, 0.4) is 0 Å². The van der Waals surface area contributed by atoms with Crippen molar-refractivity contribution in [1.82, 2.24) is 20.6 Å². The average Bonchev–Trinajstić information content (AvgIpc) is 3.52. The van der Waals surface area contributed by atoms with Crippen LogP contribution < -0.4 is 25.0 Å². The van der Waals surface area contributed by atoms with Gasteiger partial charge in [-0.3, -0.25) is 4.79 Å². The van der Waals surface area contributed by atoms with Crippen LogP contribution in [-0.4, -0.2) is 65.3 Å². The quantitative estimate of drug-likeness (QED) is 0.315. The molecule has 3 aliphatic rings. The van der Waals surface area contributed by atoms with E-state index in [1.165, 1.54) is 12.1 Å². The van der Waals surface area contributed by atoms with Gasteiger partial charge in [0.05, 0.1) is 47.6 Å². The second-order valence-corrected chi connectivity index (χ2v) is 11.7. The van der Waals surface area contributed by atoms with E-state index in [1.807, 2.05) is 18.4 Å². The number of anilines is 1. The molecular formula is C31H31FN6O4S. The van der Waals surface area contributed by atoms with Gasteiger partial charge in [-0.25, -0.2) is 14.4 Å². The Balaban J connectivity index is 1.20. The first-order chi connectivity index (χ1) is 20.9. The van der Waals surface area contributed by atoms with Gasteiger partial charge >= 0.3 is 0 Å². The van der Waals surface area contributed by atoms with Crippen molar-refractivity contribution in [2.45, 2.75) is 31.9 Å². The zero-order chi connectivity index (χ0) is 30.0. The Labute approximate surface area is 252 Å². The molecule has 10 nitrogen and oxygen atoms in total. The van der Waals surface area contributed by atoms with Crippen molar-refractivity contribution < 1.29 is 23.8 Å². The van der Waals surface area contributed by atoms with E-state index < -0.39 is 17.8 Å². The number of carbonyl (C=O) groups is 1. The first-order valence-corrected chi connectivity index (χ1v) is 15.1. The number of aliphatic hydroxyl groups is 1. The summed E-state index contributed by atoms with van der Waals surface area (Å²) in [5.74, 6) is 0.542. The minimum atomic E-state index is -0.615. The van der Waals surface area contributed by atoms with Gasteiger partial charge in [-0.05, 0) is 67.6 Å². The summed E-state index contributed by atoms with van der Waals surface area (Å²) < 4.78 is 25.6. The highest BCUT2D eigenvalue weighted by Gasteiger charge is 2.54. The van der Waals surface area contributed by atoms with E-state index in [9.17, 15) is 19.6 Å². The van der Waals surface area contributed by atoms with Crippen LogP contribution in [-0.2, 0) is 0 Å². The Morgan fingerprint density at radius 1 is 1.33 bits per heavy atom. The van der Waals surface area contributed by atoms with Crippen LogP contribution in [0.25, 0.3) is 11.3 Å². The molecule has 0 bridgehead atoms. The van der Waals surface area contributed by atoms with Crippen LogP contribution in [0.2, 0.25) is 0 Å². The predicted octanol–water partition coefficient (Wildman–Crippen LogP) is 3.83. The number of halogens is 1. The molecule has 222 valence electrons. The lowest BCUT2D eigenvalue weighted by Gasteiger charge is -2.59.